The molecule has 1 heterocycles. The van der Waals surface area contributed by atoms with Crippen LogP contribution in [0.3, 0.4) is 0 Å². The van der Waals surface area contributed by atoms with Crippen molar-refractivity contribution in [2.24, 2.45) is 0 Å². The van der Waals surface area contributed by atoms with E-state index in [0.717, 1.165) is 28.7 Å². The molecule has 5 heteroatoms. The molecule has 0 aliphatic rings. The second-order valence-electron chi connectivity index (χ2n) is 5.19. The smallest absolute Gasteiger partial charge is 0.161 e. The standard InChI is InChI=1S/C16H22N2O2S/c1-11(2)17-8-13-5-6-14(15(7-13)19-4)20-9-16-18-12(3)10-21-16/h5-7,10-11,17H,8-9H2,1-4H3. The molecule has 0 fully saturated rings. The largest absolute Gasteiger partial charge is 0.493 e. The van der Waals surface area contributed by atoms with Crippen LogP contribution < -0.4 is 14.8 Å². The van der Waals surface area contributed by atoms with Crippen molar-refractivity contribution in [3.63, 3.8) is 0 Å². The molecule has 0 saturated heterocycles. The lowest BCUT2D eigenvalue weighted by Crippen LogP contribution is -2.21. The van der Waals surface area contributed by atoms with Gasteiger partial charge in [0.1, 0.15) is 11.6 Å². The minimum atomic E-state index is 0.458. The van der Waals surface area contributed by atoms with Crippen LogP contribution in [0.1, 0.15) is 30.1 Å². The van der Waals surface area contributed by atoms with Crippen LogP contribution in [0.4, 0.5) is 0 Å². The number of hydrogen-bond acceptors (Lipinski definition) is 5. The SMILES string of the molecule is COc1cc(CNC(C)C)ccc1OCc1nc(C)cs1. The maximum Gasteiger partial charge on any atom is 0.161 e. The van der Waals surface area contributed by atoms with E-state index in [1.165, 1.54) is 5.56 Å². The lowest BCUT2D eigenvalue weighted by Gasteiger charge is -2.13. The molecular formula is C16H22N2O2S. The van der Waals surface area contributed by atoms with Gasteiger partial charge in [-0.15, -0.1) is 11.3 Å². The Morgan fingerprint density at radius 3 is 2.71 bits per heavy atom. The van der Waals surface area contributed by atoms with Gasteiger partial charge in [0.05, 0.1) is 7.11 Å². The van der Waals surface area contributed by atoms with Gasteiger partial charge in [-0.1, -0.05) is 19.9 Å². The molecule has 1 N–H and O–H groups in total. The number of aryl methyl sites for hydroxylation is 1. The molecule has 0 amide bonds. The number of nitrogens with one attached hydrogen (secondary N) is 1. The van der Waals surface area contributed by atoms with E-state index in [-0.39, 0.29) is 0 Å². The molecular weight excluding hydrogens is 284 g/mol. The molecule has 2 rings (SSSR count). The fraction of sp³-hybridized carbons (Fsp3) is 0.438. The molecule has 0 spiro atoms. The highest BCUT2D eigenvalue weighted by molar-refractivity contribution is 7.09. The second-order valence-corrected chi connectivity index (χ2v) is 6.13. The maximum absolute atomic E-state index is 5.81. The summed E-state index contributed by atoms with van der Waals surface area (Å²) in [5.41, 5.74) is 2.21. The van der Waals surface area contributed by atoms with Crippen LogP contribution in [0.5, 0.6) is 11.5 Å². The van der Waals surface area contributed by atoms with Crippen molar-refractivity contribution in [1.29, 1.82) is 0 Å². The Morgan fingerprint density at radius 1 is 1.29 bits per heavy atom. The van der Waals surface area contributed by atoms with Crippen molar-refractivity contribution >= 4 is 11.3 Å². The van der Waals surface area contributed by atoms with E-state index < -0.39 is 0 Å². The summed E-state index contributed by atoms with van der Waals surface area (Å²) in [6.45, 7) is 7.53. The first-order valence-electron chi connectivity index (χ1n) is 7.02. The van der Waals surface area contributed by atoms with Crippen LogP contribution in [-0.2, 0) is 13.2 Å². The number of nitrogens with zero attached hydrogens (tertiary/aromatic N) is 1. The van der Waals surface area contributed by atoms with Gasteiger partial charge in [-0.2, -0.15) is 0 Å². The fourth-order valence-electron chi connectivity index (χ4n) is 1.87. The molecule has 1 aromatic carbocycles. The van der Waals surface area contributed by atoms with Crippen LogP contribution in [0.2, 0.25) is 0 Å². The number of methoxy groups -OCH3 is 1. The summed E-state index contributed by atoms with van der Waals surface area (Å²) < 4.78 is 11.2. The van der Waals surface area contributed by atoms with Gasteiger partial charge < -0.3 is 14.8 Å². The number of hydrogen-bond donors (Lipinski definition) is 1. The summed E-state index contributed by atoms with van der Waals surface area (Å²) in [5, 5.41) is 6.39. The van der Waals surface area contributed by atoms with Crippen LogP contribution in [0, 0.1) is 6.92 Å². The van der Waals surface area contributed by atoms with Crippen LogP contribution in [0.25, 0.3) is 0 Å². The topological polar surface area (TPSA) is 43.4 Å². The van der Waals surface area contributed by atoms with Crippen LogP contribution >= 0.6 is 11.3 Å². The van der Waals surface area contributed by atoms with E-state index >= 15 is 0 Å². The predicted octanol–water partition coefficient (Wildman–Crippen LogP) is 3.54. The summed E-state index contributed by atoms with van der Waals surface area (Å²) in [6, 6.07) is 6.48. The zero-order valence-electron chi connectivity index (χ0n) is 13.0. The first-order valence-corrected chi connectivity index (χ1v) is 7.90. The van der Waals surface area contributed by atoms with Crippen molar-refractivity contribution < 1.29 is 9.47 Å². The number of rotatable bonds is 7. The molecule has 0 unspecified atom stereocenters. The Labute approximate surface area is 130 Å². The molecule has 4 nitrogen and oxygen atoms in total. The molecule has 0 radical (unpaired) electrons. The molecule has 114 valence electrons. The van der Waals surface area contributed by atoms with Crippen molar-refractivity contribution in [1.82, 2.24) is 10.3 Å². The van der Waals surface area contributed by atoms with Gasteiger partial charge in [-0.05, 0) is 24.6 Å². The number of benzene rings is 1. The van der Waals surface area contributed by atoms with Gasteiger partial charge in [-0.25, -0.2) is 4.98 Å². The molecule has 0 aliphatic heterocycles. The van der Waals surface area contributed by atoms with Gasteiger partial charge in [0.25, 0.3) is 0 Å². The molecule has 0 saturated carbocycles. The lowest BCUT2D eigenvalue weighted by molar-refractivity contribution is 0.283. The number of thiazole rings is 1. The molecule has 0 bridgehead atoms. The van der Waals surface area contributed by atoms with Gasteiger partial charge in [0.2, 0.25) is 0 Å². The molecule has 1 aromatic heterocycles. The quantitative estimate of drug-likeness (QED) is 0.850. The first-order chi connectivity index (χ1) is 10.1. The van der Waals surface area contributed by atoms with Gasteiger partial charge in [0.15, 0.2) is 11.5 Å². The average Bonchev–Trinajstić information content (AvgIpc) is 2.88. The van der Waals surface area contributed by atoms with Gasteiger partial charge >= 0.3 is 0 Å². The predicted molar refractivity (Wildman–Crippen MR) is 86.2 cm³/mol. The lowest BCUT2D eigenvalue weighted by atomic mass is 10.2. The monoisotopic (exact) mass is 306 g/mol. The van der Waals surface area contributed by atoms with Gasteiger partial charge in [0, 0.05) is 23.7 Å². The zero-order chi connectivity index (χ0) is 15.2. The normalized spacial score (nSPS) is 10.9. The Kier molecular flexibility index (Phi) is 5.59. The van der Waals surface area contributed by atoms with Crippen LogP contribution in [-0.4, -0.2) is 18.1 Å². The summed E-state index contributed by atoms with van der Waals surface area (Å²) in [6.07, 6.45) is 0. The minimum absolute atomic E-state index is 0.458. The second kappa shape index (κ2) is 7.43. The third-order valence-electron chi connectivity index (χ3n) is 2.96. The first kappa shape index (κ1) is 15.8. The van der Waals surface area contributed by atoms with Crippen LogP contribution in [0.15, 0.2) is 23.6 Å². The number of aromatic nitrogens is 1. The summed E-state index contributed by atoms with van der Waals surface area (Å²) in [7, 11) is 1.66. The van der Waals surface area contributed by atoms with E-state index in [1.807, 2.05) is 24.4 Å². The van der Waals surface area contributed by atoms with E-state index in [1.54, 1.807) is 18.4 Å². The molecule has 21 heavy (non-hydrogen) atoms. The van der Waals surface area contributed by atoms with Gasteiger partial charge in [-0.3, -0.25) is 0 Å². The third kappa shape index (κ3) is 4.72. The number of ether oxygens (including phenoxy) is 2. The summed E-state index contributed by atoms with van der Waals surface area (Å²) >= 11 is 1.61. The Hall–Kier alpha value is -1.59. The maximum atomic E-state index is 5.81. The highest BCUT2D eigenvalue weighted by atomic mass is 32.1. The van der Waals surface area contributed by atoms with Crippen molar-refractivity contribution in [2.75, 3.05) is 7.11 Å². The molecule has 0 aliphatic carbocycles. The Morgan fingerprint density at radius 2 is 2.10 bits per heavy atom. The molecule has 0 atom stereocenters. The van der Waals surface area contributed by atoms with Crippen molar-refractivity contribution in [3.05, 3.63) is 39.8 Å². The fourth-order valence-corrected chi connectivity index (χ4v) is 2.55. The highest BCUT2D eigenvalue weighted by Gasteiger charge is 2.08. The highest BCUT2D eigenvalue weighted by Crippen LogP contribution is 2.29. The Bertz CT molecular complexity index is 581. The average molecular weight is 306 g/mol. The van der Waals surface area contributed by atoms with E-state index in [2.05, 4.69) is 30.2 Å². The van der Waals surface area contributed by atoms with E-state index in [0.29, 0.717) is 12.6 Å². The van der Waals surface area contributed by atoms with E-state index in [4.69, 9.17) is 9.47 Å². The van der Waals surface area contributed by atoms with Crippen molar-refractivity contribution in [3.8, 4) is 11.5 Å². The minimum Gasteiger partial charge on any atom is -0.493 e. The Balaban J connectivity index is 2.01. The van der Waals surface area contributed by atoms with Crippen molar-refractivity contribution in [2.45, 2.75) is 40.0 Å². The molecule has 2 aromatic rings. The third-order valence-corrected chi connectivity index (χ3v) is 3.90. The zero-order valence-corrected chi connectivity index (χ0v) is 13.8. The van der Waals surface area contributed by atoms with E-state index in [9.17, 15) is 0 Å². The summed E-state index contributed by atoms with van der Waals surface area (Å²) in [4.78, 5) is 4.39. The summed E-state index contributed by atoms with van der Waals surface area (Å²) in [5.74, 6) is 1.50.